The molecule has 1 aliphatic carbocycles. The van der Waals surface area contributed by atoms with Crippen molar-refractivity contribution in [3.05, 3.63) is 87.7 Å². The zero-order chi connectivity index (χ0) is 24.9. The summed E-state index contributed by atoms with van der Waals surface area (Å²) in [6, 6.07) is 14.8. The van der Waals surface area contributed by atoms with Crippen LogP contribution in [0.3, 0.4) is 0 Å². The van der Waals surface area contributed by atoms with Gasteiger partial charge in [-0.1, -0.05) is 48.0 Å². The van der Waals surface area contributed by atoms with E-state index in [9.17, 15) is 9.90 Å². The Kier molecular flexibility index (Phi) is 5.87. The van der Waals surface area contributed by atoms with E-state index in [2.05, 4.69) is 25.9 Å². The number of fused-ring (bicyclic) bond motifs is 1. The molecule has 1 aliphatic rings. The van der Waals surface area contributed by atoms with Gasteiger partial charge in [0, 0.05) is 35.3 Å². The maximum atomic E-state index is 15.2. The van der Waals surface area contributed by atoms with Gasteiger partial charge in [0.2, 0.25) is 0 Å². The van der Waals surface area contributed by atoms with Crippen LogP contribution < -0.4 is 4.74 Å². The molecule has 180 valence electrons. The number of aromatic nitrogens is 3. The molecule has 1 N–H and O–H groups in total. The second kappa shape index (κ2) is 8.75. The molecular weight excluding hydrogens is 513 g/mol. The lowest BCUT2D eigenvalue weighted by molar-refractivity contribution is -0.139. The van der Waals surface area contributed by atoms with Gasteiger partial charge in [0.1, 0.15) is 23.7 Å². The zero-order valence-electron chi connectivity index (χ0n) is 19.6. The summed E-state index contributed by atoms with van der Waals surface area (Å²) in [7, 11) is 0. The van der Waals surface area contributed by atoms with Crippen molar-refractivity contribution in [2.24, 2.45) is 11.3 Å². The molecule has 0 aliphatic heterocycles. The van der Waals surface area contributed by atoms with Gasteiger partial charge in [0.25, 0.3) is 0 Å². The molecule has 0 spiro atoms. The minimum Gasteiger partial charge on any atom is -0.487 e. The van der Waals surface area contributed by atoms with Gasteiger partial charge in [-0.25, -0.2) is 9.37 Å². The summed E-state index contributed by atoms with van der Waals surface area (Å²) in [5.41, 5.74) is 3.09. The van der Waals surface area contributed by atoms with Crippen LogP contribution in [0.15, 0.2) is 59.2 Å². The molecule has 2 aromatic carbocycles. The Bertz CT molecular complexity index is 1410. The number of hydrogen-bond donors (Lipinski definition) is 1. The molecule has 0 amide bonds. The number of hydrogen-bond acceptors (Lipinski definition) is 4. The fraction of sp³-hybridized carbons (Fsp3) is 0.296. The Morgan fingerprint density at radius 1 is 1.20 bits per heavy atom. The average Bonchev–Trinajstić information content (AvgIpc) is 3.22. The molecule has 0 saturated heterocycles. The lowest BCUT2D eigenvalue weighted by Crippen LogP contribution is -2.07. The molecular formula is C27H25BrFN3O3. The number of halogens is 2. The van der Waals surface area contributed by atoms with Crippen molar-refractivity contribution in [2.75, 3.05) is 0 Å². The fourth-order valence-electron chi connectivity index (χ4n) is 4.76. The molecule has 2 aromatic heterocycles. The van der Waals surface area contributed by atoms with Crippen molar-refractivity contribution in [3.8, 4) is 5.75 Å². The molecule has 1 saturated carbocycles. The van der Waals surface area contributed by atoms with Crippen molar-refractivity contribution >= 4 is 32.9 Å². The van der Waals surface area contributed by atoms with Crippen LogP contribution in [0.4, 0.5) is 4.39 Å². The quantitative estimate of drug-likeness (QED) is 0.308. The van der Waals surface area contributed by atoms with Crippen LogP contribution in [0.5, 0.6) is 5.75 Å². The molecule has 6 nitrogen and oxygen atoms in total. The SMILES string of the molecule is Cc1ccc(COc2cc(F)c3nc([C@H]4[C@@H](C(=O)O)C4(C)C)n(Cc4ccc(Br)cc4)c3c2)nc1. The molecule has 8 heteroatoms. The van der Waals surface area contributed by atoms with Gasteiger partial charge in [-0.15, -0.1) is 0 Å². The molecule has 0 unspecified atom stereocenters. The summed E-state index contributed by atoms with van der Waals surface area (Å²) in [5.74, 6) is -1.31. The predicted octanol–water partition coefficient (Wildman–Crippen LogP) is 6.09. The van der Waals surface area contributed by atoms with Gasteiger partial charge in [-0.05, 0) is 41.7 Å². The van der Waals surface area contributed by atoms with Gasteiger partial charge in [0.05, 0.1) is 17.1 Å². The van der Waals surface area contributed by atoms with Crippen molar-refractivity contribution in [3.63, 3.8) is 0 Å². The normalized spacial score (nSPS) is 18.5. The number of benzene rings is 2. The standard InChI is InChI=1S/C27H25BrFN3O3/c1-15-4-9-18(30-12-15)14-35-19-10-20(29)24-21(11-19)32(13-16-5-7-17(28)8-6-16)25(31-24)22-23(26(33)34)27(22,2)3/h4-12,22-23H,13-14H2,1-3H3,(H,33,34)/t22-,23+/m1/s1. The first-order valence-electron chi connectivity index (χ1n) is 11.4. The molecule has 0 bridgehead atoms. The van der Waals surface area contributed by atoms with E-state index in [1.165, 1.54) is 6.07 Å². The number of nitrogens with zero attached hydrogens (tertiary/aromatic N) is 3. The van der Waals surface area contributed by atoms with E-state index in [1.54, 1.807) is 12.3 Å². The smallest absolute Gasteiger partial charge is 0.307 e. The van der Waals surface area contributed by atoms with Crippen LogP contribution in [0, 0.1) is 24.1 Å². The average molecular weight is 538 g/mol. The summed E-state index contributed by atoms with van der Waals surface area (Å²) in [6.07, 6.45) is 1.76. The summed E-state index contributed by atoms with van der Waals surface area (Å²) >= 11 is 3.45. The highest BCUT2D eigenvalue weighted by Crippen LogP contribution is 2.64. The number of imidazole rings is 1. The lowest BCUT2D eigenvalue weighted by atomic mass is 10.1. The van der Waals surface area contributed by atoms with Crippen LogP contribution in [0.2, 0.25) is 0 Å². The number of rotatable bonds is 7. The topological polar surface area (TPSA) is 77.2 Å². The molecule has 2 atom stereocenters. The van der Waals surface area contributed by atoms with Crippen molar-refractivity contribution in [1.82, 2.24) is 14.5 Å². The van der Waals surface area contributed by atoms with Crippen LogP contribution in [-0.4, -0.2) is 25.6 Å². The predicted molar refractivity (Wildman–Crippen MR) is 134 cm³/mol. The minimum atomic E-state index is -0.864. The third kappa shape index (κ3) is 4.43. The fourth-order valence-corrected chi connectivity index (χ4v) is 5.02. The van der Waals surface area contributed by atoms with E-state index in [1.807, 2.05) is 61.7 Å². The van der Waals surface area contributed by atoms with E-state index in [0.717, 1.165) is 21.3 Å². The van der Waals surface area contributed by atoms with Crippen LogP contribution >= 0.6 is 15.9 Å². The van der Waals surface area contributed by atoms with Crippen molar-refractivity contribution in [2.45, 2.75) is 39.8 Å². The first kappa shape index (κ1) is 23.5. The third-order valence-electron chi connectivity index (χ3n) is 6.80. The molecule has 5 rings (SSSR count). The number of carbonyl (C=O) groups is 1. The number of pyridine rings is 1. The molecule has 35 heavy (non-hydrogen) atoms. The molecule has 0 radical (unpaired) electrons. The van der Waals surface area contributed by atoms with Crippen molar-refractivity contribution in [1.29, 1.82) is 0 Å². The number of ether oxygens (including phenoxy) is 1. The largest absolute Gasteiger partial charge is 0.487 e. The van der Waals surface area contributed by atoms with E-state index in [4.69, 9.17) is 4.74 Å². The highest BCUT2D eigenvalue weighted by molar-refractivity contribution is 9.10. The Labute approximate surface area is 210 Å². The van der Waals surface area contributed by atoms with Crippen LogP contribution in [0.25, 0.3) is 11.0 Å². The summed E-state index contributed by atoms with van der Waals surface area (Å²) < 4.78 is 24.0. The van der Waals surface area contributed by atoms with Gasteiger partial charge < -0.3 is 14.4 Å². The van der Waals surface area contributed by atoms with Crippen LogP contribution in [-0.2, 0) is 17.9 Å². The van der Waals surface area contributed by atoms with Gasteiger partial charge >= 0.3 is 5.97 Å². The van der Waals surface area contributed by atoms with Crippen LogP contribution in [0.1, 0.15) is 42.4 Å². The van der Waals surface area contributed by atoms with Gasteiger partial charge in [-0.2, -0.15) is 0 Å². The highest BCUT2D eigenvalue weighted by atomic mass is 79.9. The molecule has 4 aromatic rings. The summed E-state index contributed by atoms with van der Waals surface area (Å²) in [6.45, 7) is 6.43. The second-order valence-corrected chi connectivity index (χ2v) is 10.6. The van der Waals surface area contributed by atoms with Crippen molar-refractivity contribution < 1.29 is 19.0 Å². The first-order valence-corrected chi connectivity index (χ1v) is 12.2. The maximum absolute atomic E-state index is 15.2. The molecule has 2 heterocycles. The lowest BCUT2D eigenvalue weighted by Gasteiger charge is -2.12. The number of carboxylic acid groups (broad SMARTS) is 1. The Morgan fingerprint density at radius 3 is 2.57 bits per heavy atom. The number of aliphatic carboxylic acids is 1. The highest BCUT2D eigenvalue weighted by Gasteiger charge is 2.64. The van der Waals surface area contributed by atoms with Gasteiger partial charge in [0.15, 0.2) is 5.82 Å². The summed E-state index contributed by atoms with van der Waals surface area (Å²) in [5, 5.41) is 9.76. The van der Waals surface area contributed by atoms with E-state index < -0.39 is 23.1 Å². The van der Waals surface area contributed by atoms with E-state index >= 15 is 4.39 Å². The van der Waals surface area contributed by atoms with E-state index in [-0.39, 0.29) is 18.0 Å². The zero-order valence-corrected chi connectivity index (χ0v) is 21.2. The second-order valence-electron chi connectivity index (χ2n) is 9.69. The summed E-state index contributed by atoms with van der Waals surface area (Å²) in [4.78, 5) is 20.9. The Morgan fingerprint density at radius 2 is 1.94 bits per heavy atom. The maximum Gasteiger partial charge on any atom is 0.307 e. The first-order chi connectivity index (χ1) is 16.6. The molecule has 1 fully saturated rings. The Balaban J connectivity index is 1.56. The Hall–Kier alpha value is -3.26. The third-order valence-corrected chi connectivity index (χ3v) is 7.32. The number of carboxylic acids is 1. The van der Waals surface area contributed by atoms with Gasteiger partial charge in [-0.3, -0.25) is 9.78 Å². The minimum absolute atomic E-state index is 0.204. The van der Waals surface area contributed by atoms with E-state index in [0.29, 0.717) is 23.6 Å². The number of aryl methyl sites for hydroxylation is 1. The monoisotopic (exact) mass is 537 g/mol.